The molecule has 1 aliphatic rings. The lowest BCUT2D eigenvalue weighted by Crippen LogP contribution is -2.07. The molecule has 1 aromatic carbocycles. The van der Waals surface area contributed by atoms with Gasteiger partial charge in [0.15, 0.2) is 0 Å². The fraction of sp³-hybridized carbons (Fsp3) is 0.143. The zero-order valence-corrected chi connectivity index (χ0v) is 4.79. The number of rotatable bonds is 0. The predicted octanol–water partition coefficient (Wildman–Crippen LogP) is 1.28. The van der Waals surface area contributed by atoms with Crippen LogP contribution < -0.4 is 4.74 Å². The van der Waals surface area contributed by atoms with Crippen molar-refractivity contribution in [3.8, 4) is 11.5 Å². The zero-order chi connectivity index (χ0) is 6.27. The third kappa shape index (κ3) is 0.560. The van der Waals surface area contributed by atoms with Gasteiger partial charge in [-0.3, -0.25) is 0 Å². The van der Waals surface area contributed by atoms with Gasteiger partial charge in [-0.25, -0.2) is 0 Å². The van der Waals surface area contributed by atoms with Crippen molar-refractivity contribution in [2.45, 2.75) is 6.61 Å². The fourth-order valence-electron chi connectivity index (χ4n) is 0.894. The Morgan fingerprint density at radius 2 is 2.33 bits per heavy atom. The first-order valence-electron chi connectivity index (χ1n) is 2.81. The van der Waals surface area contributed by atoms with E-state index in [0.29, 0.717) is 12.4 Å². The maximum absolute atomic E-state index is 8.92. The average Bonchev–Trinajstić information content (AvgIpc) is 1.78. The standard InChI is InChI=1S/C7H6O2/c8-6-1-2-7-5(3-6)4-9-7/h1-3,8H,4H2. The van der Waals surface area contributed by atoms with Crippen molar-refractivity contribution < 1.29 is 9.84 Å². The van der Waals surface area contributed by atoms with E-state index < -0.39 is 0 Å². The second kappa shape index (κ2) is 1.41. The van der Waals surface area contributed by atoms with Crippen LogP contribution in [0.5, 0.6) is 11.5 Å². The van der Waals surface area contributed by atoms with Crippen LogP contribution in [-0.2, 0) is 6.61 Å². The topological polar surface area (TPSA) is 29.5 Å². The van der Waals surface area contributed by atoms with Gasteiger partial charge >= 0.3 is 0 Å². The Morgan fingerprint density at radius 3 is 2.78 bits per heavy atom. The van der Waals surface area contributed by atoms with Gasteiger partial charge in [-0.1, -0.05) is 0 Å². The van der Waals surface area contributed by atoms with E-state index in [-0.39, 0.29) is 0 Å². The van der Waals surface area contributed by atoms with Crippen molar-refractivity contribution in [3.05, 3.63) is 23.8 Å². The highest BCUT2D eigenvalue weighted by atomic mass is 16.5. The van der Waals surface area contributed by atoms with E-state index in [9.17, 15) is 0 Å². The minimum Gasteiger partial charge on any atom is -0.508 e. The van der Waals surface area contributed by atoms with Crippen LogP contribution in [0, 0.1) is 0 Å². The van der Waals surface area contributed by atoms with Crippen LogP contribution >= 0.6 is 0 Å². The summed E-state index contributed by atoms with van der Waals surface area (Å²) in [7, 11) is 0. The number of benzene rings is 1. The Hall–Kier alpha value is -1.18. The van der Waals surface area contributed by atoms with Gasteiger partial charge in [0.1, 0.15) is 18.1 Å². The molecule has 0 aromatic heterocycles. The van der Waals surface area contributed by atoms with Gasteiger partial charge in [-0.15, -0.1) is 0 Å². The first kappa shape index (κ1) is 4.68. The van der Waals surface area contributed by atoms with Crippen molar-refractivity contribution in [1.29, 1.82) is 0 Å². The average molecular weight is 122 g/mol. The first-order chi connectivity index (χ1) is 4.36. The Kier molecular flexibility index (Phi) is 0.730. The van der Waals surface area contributed by atoms with Gasteiger partial charge in [-0.2, -0.15) is 0 Å². The lowest BCUT2D eigenvalue weighted by atomic mass is 10.1. The Bertz CT molecular complexity index is 243. The molecule has 2 heteroatoms. The second-order valence-electron chi connectivity index (χ2n) is 2.08. The van der Waals surface area contributed by atoms with Crippen molar-refractivity contribution >= 4 is 0 Å². The maximum Gasteiger partial charge on any atom is 0.126 e. The SMILES string of the molecule is Oc1ccc2c(c1)CO2. The Balaban J connectivity index is 2.57. The molecule has 0 unspecified atom stereocenters. The summed E-state index contributed by atoms with van der Waals surface area (Å²) in [6.45, 7) is 0.643. The summed E-state index contributed by atoms with van der Waals surface area (Å²) >= 11 is 0. The number of fused-ring (bicyclic) bond motifs is 1. The number of hydrogen-bond donors (Lipinski definition) is 1. The second-order valence-corrected chi connectivity index (χ2v) is 2.08. The van der Waals surface area contributed by atoms with Crippen LogP contribution in [0.1, 0.15) is 5.56 Å². The third-order valence-corrected chi connectivity index (χ3v) is 1.43. The van der Waals surface area contributed by atoms with E-state index in [2.05, 4.69) is 0 Å². The molecule has 0 saturated heterocycles. The molecule has 2 nitrogen and oxygen atoms in total. The molecule has 0 atom stereocenters. The molecular weight excluding hydrogens is 116 g/mol. The van der Waals surface area contributed by atoms with Crippen molar-refractivity contribution in [2.24, 2.45) is 0 Å². The Morgan fingerprint density at radius 1 is 1.44 bits per heavy atom. The smallest absolute Gasteiger partial charge is 0.126 e. The molecule has 0 amide bonds. The fourth-order valence-corrected chi connectivity index (χ4v) is 0.894. The molecular formula is C7H6O2. The van der Waals surface area contributed by atoms with Crippen molar-refractivity contribution in [3.63, 3.8) is 0 Å². The molecule has 0 saturated carbocycles. The summed E-state index contributed by atoms with van der Waals surface area (Å²) < 4.78 is 5.02. The summed E-state index contributed by atoms with van der Waals surface area (Å²) in [4.78, 5) is 0. The highest BCUT2D eigenvalue weighted by Gasteiger charge is 2.13. The number of hydrogen-bond acceptors (Lipinski definition) is 2. The van der Waals surface area contributed by atoms with Gasteiger partial charge < -0.3 is 9.84 Å². The van der Waals surface area contributed by atoms with E-state index in [1.807, 2.05) is 0 Å². The summed E-state index contributed by atoms with van der Waals surface area (Å²) in [5.41, 5.74) is 1.09. The highest BCUT2D eigenvalue weighted by molar-refractivity contribution is 5.43. The van der Waals surface area contributed by atoms with Crippen LogP contribution in [0.3, 0.4) is 0 Å². The van der Waals surface area contributed by atoms with Crippen LogP contribution in [0.15, 0.2) is 18.2 Å². The van der Waals surface area contributed by atoms with Crippen LogP contribution in [0.4, 0.5) is 0 Å². The van der Waals surface area contributed by atoms with Crippen LogP contribution in [-0.4, -0.2) is 5.11 Å². The summed E-state index contributed by atoms with van der Waals surface area (Å²) in [6, 6.07) is 5.12. The monoisotopic (exact) mass is 122 g/mol. The van der Waals surface area contributed by atoms with E-state index in [4.69, 9.17) is 9.84 Å². The van der Waals surface area contributed by atoms with Crippen LogP contribution in [0.2, 0.25) is 0 Å². The maximum atomic E-state index is 8.92. The van der Waals surface area contributed by atoms with Crippen molar-refractivity contribution in [1.82, 2.24) is 0 Å². The third-order valence-electron chi connectivity index (χ3n) is 1.43. The number of aromatic hydroxyl groups is 1. The number of ether oxygens (including phenoxy) is 1. The quantitative estimate of drug-likeness (QED) is 0.561. The molecule has 2 rings (SSSR count). The lowest BCUT2D eigenvalue weighted by molar-refractivity contribution is 0.242. The molecule has 46 valence electrons. The Labute approximate surface area is 52.7 Å². The summed E-state index contributed by atoms with van der Waals surface area (Å²) in [5.74, 6) is 1.21. The van der Waals surface area contributed by atoms with E-state index in [1.165, 1.54) is 0 Å². The van der Waals surface area contributed by atoms with Crippen molar-refractivity contribution in [2.75, 3.05) is 0 Å². The minimum absolute atomic E-state index is 0.317. The van der Waals surface area contributed by atoms with E-state index >= 15 is 0 Å². The largest absolute Gasteiger partial charge is 0.508 e. The molecule has 0 spiro atoms. The van der Waals surface area contributed by atoms with Gasteiger partial charge in [0.05, 0.1) is 0 Å². The normalized spacial score (nSPS) is 13.3. The first-order valence-corrected chi connectivity index (χ1v) is 2.81. The molecule has 0 radical (unpaired) electrons. The lowest BCUT2D eigenvalue weighted by Gasteiger charge is -2.19. The molecule has 0 bridgehead atoms. The summed E-state index contributed by atoms with van der Waals surface area (Å²) in [5, 5.41) is 8.92. The van der Waals surface area contributed by atoms with Gasteiger partial charge in [0.25, 0.3) is 0 Å². The van der Waals surface area contributed by atoms with Gasteiger partial charge in [0, 0.05) is 5.56 Å². The van der Waals surface area contributed by atoms with Crippen LogP contribution in [0.25, 0.3) is 0 Å². The minimum atomic E-state index is 0.317. The van der Waals surface area contributed by atoms with Gasteiger partial charge in [0.2, 0.25) is 0 Å². The molecule has 1 heterocycles. The summed E-state index contributed by atoms with van der Waals surface area (Å²) in [6.07, 6.45) is 0. The zero-order valence-electron chi connectivity index (χ0n) is 4.79. The molecule has 1 N–H and O–H groups in total. The molecule has 0 fully saturated rings. The van der Waals surface area contributed by atoms with E-state index in [0.717, 1.165) is 11.3 Å². The molecule has 1 aromatic rings. The molecule has 1 aliphatic heterocycles. The number of phenolic OH excluding ortho intramolecular Hbond substituents is 1. The number of phenols is 1. The van der Waals surface area contributed by atoms with E-state index in [1.54, 1.807) is 18.2 Å². The van der Waals surface area contributed by atoms with Gasteiger partial charge in [-0.05, 0) is 18.2 Å². The molecule has 9 heavy (non-hydrogen) atoms. The molecule has 0 aliphatic carbocycles. The highest BCUT2D eigenvalue weighted by Crippen LogP contribution is 2.31. The predicted molar refractivity (Wildman–Crippen MR) is 32.4 cm³/mol.